The number of hydrogen-bond acceptors (Lipinski definition) is 3. The zero-order valence-corrected chi connectivity index (χ0v) is 13.2. The summed E-state index contributed by atoms with van der Waals surface area (Å²) in [6, 6.07) is 15.1. The zero-order chi connectivity index (χ0) is 16.2. The summed E-state index contributed by atoms with van der Waals surface area (Å²) in [5, 5.41) is 5.54. The van der Waals surface area contributed by atoms with Crippen molar-refractivity contribution in [3.8, 4) is 0 Å². The predicted octanol–water partition coefficient (Wildman–Crippen LogP) is 2.97. The van der Waals surface area contributed by atoms with Gasteiger partial charge in [-0.3, -0.25) is 0 Å². The number of carbonyl (C=O) groups is 1. The van der Waals surface area contributed by atoms with E-state index in [1.807, 2.05) is 25.1 Å². The Labute approximate surface area is 130 Å². The molecule has 0 radical (unpaired) electrons. The Bertz CT molecular complexity index is 741. The van der Waals surface area contributed by atoms with Gasteiger partial charge in [0.2, 0.25) is 0 Å². The number of sulfone groups is 1. The van der Waals surface area contributed by atoms with Crippen LogP contribution < -0.4 is 10.6 Å². The van der Waals surface area contributed by atoms with E-state index in [0.29, 0.717) is 5.69 Å². The van der Waals surface area contributed by atoms with Gasteiger partial charge in [0.15, 0.2) is 9.84 Å². The molecule has 2 rings (SSSR count). The Morgan fingerprint density at radius 3 is 2.14 bits per heavy atom. The number of carbonyl (C=O) groups excluding carboxylic acids is 1. The normalized spacial score (nSPS) is 12.5. The smallest absolute Gasteiger partial charge is 0.319 e. The monoisotopic (exact) mass is 318 g/mol. The second kappa shape index (κ2) is 6.62. The molecule has 0 fully saturated rings. The summed E-state index contributed by atoms with van der Waals surface area (Å²) in [7, 11) is -3.21. The van der Waals surface area contributed by atoms with E-state index in [2.05, 4.69) is 10.6 Å². The van der Waals surface area contributed by atoms with Crippen molar-refractivity contribution in [3.63, 3.8) is 0 Å². The molecule has 1 atom stereocenters. The van der Waals surface area contributed by atoms with Gasteiger partial charge in [0.05, 0.1) is 10.9 Å². The summed E-state index contributed by atoms with van der Waals surface area (Å²) in [4.78, 5) is 12.2. The molecule has 116 valence electrons. The summed E-state index contributed by atoms with van der Waals surface area (Å²) in [6.45, 7) is 1.83. The van der Waals surface area contributed by atoms with E-state index < -0.39 is 9.84 Å². The van der Waals surface area contributed by atoms with Gasteiger partial charge in [-0.05, 0) is 36.8 Å². The molecule has 22 heavy (non-hydrogen) atoms. The summed E-state index contributed by atoms with van der Waals surface area (Å²) in [5.74, 6) is 0. The Morgan fingerprint density at radius 1 is 1.00 bits per heavy atom. The van der Waals surface area contributed by atoms with Gasteiger partial charge in [-0.2, -0.15) is 0 Å². The molecular formula is C16H18N2O3S. The second-order valence-electron chi connectivity index (χ2n) is 5.03. The first kappa shape index (κ1) is 16.0. The number of para-hydroxylation sites is 1. The number of amides is 2. The third kappa shape index (κ3) is 4.33. The number of urea groups is 1. The molecule has 0 aliphatic carbocycles. The van der Waals surface area contributed by atoms with Crippen LogP contribution in [0, 0.1) is 0 Å². The Hall–Kier alpha value is -2.34. The number of anilines is 1. The lowest BCUT2D eigenvalue weighted by Crippen LogP contribution is -2.31. The molecule has 0 aromatic heterocycles. The highest BCUT2D eigenvalue weighted by Gasteiger charge is 2.11. The van der Waals surface area contributed by atoms with Gasteiger partial charge in [0, 0.05) is 11.9 Å². The molecule has 0 saturated heterocycles. The quantitative estimate of drug-likeness (QED) is 0.910. The number of hydrogen-bond donors (Lipinski definition) is 2. The highest BCUT2D eigenvalue weighted by Crippen LogP contribution is 2.16. The lowest BCUT2D eigenvalue weighted by Gasteiger charge is -2.15. The fourth-order valence-electron chi connectivity index (χ4n) is 1.97. The van der Waals surface area contributed by atoms with Gasteiger partial charge in [-0.1, -0.05) is 30.3 Å². The zero-order valence-electron chi connectivity index (χ0n) is 12.4. The van der Waals surface area contributed by atoms with Crippen molar-refractivity contribution in [1.82, 2.24) is 5.32 Å². The molecule has 6 heteroatoms. The van der Waals surface area contributed by atoms with E-state index in [1.54, 1.807) is 24.3 Å². The minimum atomic E-state index is -3.21. The van der Waals surface area contributed by atoms with Crippen LogP contribution >= 0.6 is 0 Å². The largest absolute Gasteiger partial charge is 0.331 e. The van der Waals surface area contributed by atoms with Gasteiger partial charge < -0.3 is 10.6 Å². The molecule has 0 heterocycles. The van der Waals surface area contributed by atoms with E-state index in [-0.39, 0.29) is 17.0 Å². The minimum absolute atomic E-state index is 0.239. The van der Waals surface area contributed by atoms with Crippen LogP contribution in [-0.4, -0.2) is 20.7 Å². The van der Waals surface area contributed by atoms with Gasteiger partial charge >= 0.3 is 6.03 Å². The molecule has 0 aliphatic rings. The Kier molecular flexibility index (Phi) is 4.82. The van der Waals surface area contributed by atoms with Crippen molar-refractivity contribution in [2.45, 2.75) is 17.9 Å². The average molecular weight is 318 g/mol. The van der Waals surface area contributed by atoms with Gasteiger partial charge in [0.1, 0.15) is 0 Å². The summed E-state index contributed by atoms with van der Waals surface area (Å²) >= 11 is 0. The maximum atomic E-state index is 11.9. The van der Waals surface area contributed by atoms with Crippen LogP contribution in [0.4, 0.5) is 10.5 Å². The average Bonchev–Trinajstić information content (AvgIpc) is 2.47. The minimum Gasteiger partial charge on any atom is -0.331 e. The van der Waals surface area contributed by atoms with Crippen molar-refractivity contribution in [2.75, 3.05) is 11.6 Å². The molecular weight excluding hydrogens is 300 g/mol. The topological polar surface area (TPSA) is 75.3 Å². The molecule has 2 aromatic carbocycles. The maximum absolute atomic E-state index is 11.9. The molecule has 2 amide bonds. The van der Waals surface area contributed by atoms with Gasteiger partial charge in [-0.15, -0.1) is 0 Å². The van der Waals surface area contributed by atoms with Crippen LogP contribution in [0.5, 0.6) is 0 Å². The van der Waals surface area contributed by atoms with Crippen LogP contribution in [0.1, 0.15) is 18.5 Å². The second-order valence-corrected chi connectivity index (χ2v) is 7.04. The highest BCUT2D eigenvalue weighted by molar-refractivity contribution is 7.90. The number of rotatable bonds is 4. The molecule has 5 nitrogen and oxygen atoms in total. The van der Waals surface area contributed by atoms with Crippen LogP contribution in [0.2, 0.25) is 0 Å². The Morgan fingerprint density at radius 2 is 1.59 bits per heavy atom. The SMILES string of the molecule is C[C@H](NC(=O)Nc1ccccc1)c1ccc(S(C)(=O)=O)cc1. The van der Waals surface area contributed by atoms with Crippen molar-refractivity contribution in [2.24, 2.45) is 0 Å². The van der Waals surface area contributed by atoms with E-state index >= 15 is 0 Å². The highest BCUT2D eigenvalue weighted by atomic mass is 32.2. The fourth-order valence-corrected chi connectivity index (χ4v) is 2.60. The van der Waals surface area contributed by atoms with Crippen molar-refractivity contribution < 1.29 is 13.2 Å². The summed E-state index contributed by atoms with van der Waals surface area (Å²) in [5.41, 5.74) is 1.54. The fraction of sp³-hybridized carbons (Fsp3) is 0.188. The number of benzene rings is 2. The molecule has 2 aromatic rings. The van der Waals surface area contributed by atoms with Crippen LogP contribution in [0.25, 0.3) is 0 Å². The van der Waals surface area contributed by atoms with Crippen molar-refractivity contribution >= 4 is 21.6 Å². The third-order valence-corrected chi connectivity index (χ3v) is 4.32. The molecule has 0 saturated carbocycles. The lowest BCUT2D eigenvalue weighted by molar-refractivity contribution is 0.249. The molecule has 0 aliphatic heterocycles. The van der Waals surface area contributed by atoms with Crippen LogP contribution in [0.15, 0.2) is 59.5 Å². The lowest BCUT2D eigenvalue weighted by atomic mass is 10.1. The third-order valence-electron chi connectivity index (χ3n) is 3.19. The van der Waals surface area contributed by atoms with E-state index in [1.165, 1.54) is 12.1 Å². The standard InChI is InChI=1S/C16H18N2O3S/c1-12(13-8-10-15(11-9-13)22(2,20)21)17-16(19)18-14-6-4-3-5-7-14/h3-12H,1-2H3,(H2,17,18,19)/t12-/m0/s1. The first-order valence-corrected chi connectivity index (χ1v) is 8.68. The van der Waals surface area contributed by atoms with Crippen LogP contribution in [0.3, 0.4) is 0 Å². The van der Waals surface area contributed by atoms with E-state index in [4.69, 9.17) is 0 Å². The molecule has 0 spiro atoms. The van der Waals surface area contributed by atoms with Crippen molar-refractivity contribution in [1.29, 1.82) is 0 Å². The first-order valence-electron chi connectivity index (χ1n) is 6.79. The maximum Gasteiger partial charge on any atom is 0.319 e. The Balaban J connectivity index is 2.00. The molecule has 0 unspecified atom stereocenters. The first-order chi connectivity index (χ1) is 10.4. The van der Waals surface area contributed by atoms with Gasteiger partial charge in [-0.25, -0.2) is 13.2 Å². The molecule has 2 N–H and O–H groups in total. The van der Waals surface area contributed by atoms with E-state index in [9.17, 15) is 13.2 Å². The summed E-state index contributed by atoms with van der Waals surface area (Å²) < 4.78 is 22.8. The van der Waals surface area contributed by atoms with E-state index in [0.717, 1.165) is 11.8 Å². The summed E-state index contributed by atoms with van der Waals surface area (Å²) in [6.07, 6.45) is 1.16. The van der Waals surface area contributed by atoms with Crippen molar-refractivity contribution in [3.05, 3.63) is 60.2 Å². The van der Waals surface area contributed by atoms with Gasteiger partial charge in [0.25, 0.3) is 0 Å². The molecule has 0 bridgehead atoms. The number of nitrogens with one attached hydrogen (secondary N) is 2. The van der Waals surface area contributed by atoms with Crippen LogP contribution in [-0.2, 0) is 9.84 Å². The predicted molar refractivity (Wildman–Crippen MR) is 86.6 cm³/mol.